The van der Waals surface area contributed by atoms with Crippen LogP contribution in [0.2, 0.25) is 5.02 Å². The molecule has 1 N–H and O–H groups in total. The molecule has 3 aliphatic rings. The summed E-state index contributed by atoms with van der Waals surface area (Å²) in [5, 5.41) is 3.93. The van der Waals surface area contributed by atoms with Gasteiger partial charge in [0.15, 0.2) is 0 Å². The van der Waals surface area contributed by atoms with Crippen molar-refractivity contribution >= 4 is 17.6 Å². The van der Waals surface area contributed by atoms with Crippen LogP contribution < -0.4 is 5.32 Å². The summed E-state index contributed by atoms with van der Waals surface area (Å²) in [6.07, 6.45) is 4.36. The van der Waals surface area contributed by atoms with E-state index in [2.05, 4.69) is 16.3 Å². The fourth-order valence-electron chi connectivity index (χ4n) is 4.62. The number of carbonyl (C=O) groups excluding carboxylic acids is 1. The van der Waals surface area contributed by atoms with Gasteiger partial charge in [0, 0.05) is 50.9 Å². The Balaban J connectivity index is 1.24. The molecule has 0 bridgehead atoms. The van der Waals surface area contributed by atoms with E-state index >= 15 is 0 Å². The van der Waals surface area contributed by atoms with Gasteiger partial charge < -0.3 is 15.0 Å². The van der Waals surface area contributed by atoms with E-state index in [0.29, 0.717) is 5.92 Å². The minimum absolute atomic E-state index is 0.0143. The number of likely N-dealkylation sites (tertiary alicyclic amines) is 2. The summed E-state index contributed by atoms with van der Waals surface area (Å²) in [7, 11) is 0. The van der Waals surface area contributed by atoms with Crippen LogP contribution in [0.3, 0.4) is 0 Å². The molecule has 26 heavy (non-hydrogen) atoms. The zero-order chi connectivity index (χ0) is 18.0. The summed E-state index contributed by atoms with van der Waals surface area (Å²) in [5.74, 6) is 0.531. The molecule has 0 radical (unpaired) electrons. The first-order chi connectivity index (χ1) is 12.7. The summed E-state index contributed by atoms with van der Waals surface area (Å²) in [6.45, 7) is 6.19. The quantitative estimate of drug-likeness (QED) is 0.857. The highest BCUT2D eigenvalue weighted by atomic mass is 35.5. The number of hydrogen-bond donors (Lipinski definition) is 1. The minimum Gasteiger partial charge on any atom is -0.372 e. The molecule has 142 valence electrons. The standard InChI is InChI=1S/C20H28ClN3O2/c21-18-6-2-1-5-16(18)13-23-14-20(15-23)17(8-12-26-20)7-9-22-19(25)24-10-3-4-11-24/h1-2,5-6,17H,3-4,7-15H2,(H,22,25). The molecule has 0 aromatic heterocycles. The zero-order valence-electron chi connectivity index (χ0n) is 15.3. The Morgan fingerprint density at radius 2 is 2.04 bits per heavy atom. The van der Waals surface area contributed by atoms with Gasteiger partial charge in [-0.15, -0.1) is 0 Å². The smallest absolute Gasteiger partial charge is 0.317 e. The summed E-state index contributed by atoms with van der Waals surface area (Å²) in [6, 6.07) is 8.15. The number of ether oxygens (including phenoxy) is 1. The van der Waals surface area contributed by atoms with Gasteiger partial charge in [-0.2, -0.15) is 0 Å². The van der Waals surface area contributed by atoms with Crippen LogP contribution in [0.5, 0.6) is 0 Å². The Morgan fingerprint density at radius 3 is 2.81 bits per heavy atom. The Morgan fingerprint density at radius 1 is 1.27 bits per heavy atom. The van der Waals surface area contributed by atoms with Crippen molar-refractivity contribution in [3.05, 3.63) is 34.9 Å². The van der Waals surface area contributed by atoms with E-state index in [9.17, 15) is 4.79 Å². The molecule has 1 aromatic rings. The molecule has 1 unspecified atom stereocenters. The van der Waals surface area contributed by atoms with Gasteiger partial charge in [0.05, 0.1) is 5.60 Å². The van der Waals surface area contributed by atoms with E-state index in [1.165, 1.54) is 5.56 Å². The lowest BCUT2D eigenvalue weighted by Gasteiger charge is -2.50. The molecule has 1 aromatic carbocycles. The van der Waals surface area contributed by atoms with Gasteiger partial charge >= 0.3 is 6.03 Å². The maximum Gasteiger partial charge on any atom is 0.317 e. The molecule has 0 saturated carbocycles. The number of nitrogens with one attached hydrogen (secondary N) is 1. The number of hydrogen-bond acceptors (Lipinski definition) is 3. The third kappa shape index (κ3) is 3.71. The Kier molecular flexibility index (Phi) is 5.39. The van der Waals surface area contributed by atoms with Crippen molar-refractivity contribution in [2.75, 3.05) is 39.3 Å². The Bertz CT molecular complexity index is 642. The van der Waals surface area contributed by atoms with Gasteiger partial charge in [-0.1, -0.05) is 29.8 Å². The summed E-state index contributed by atoms with van der Waals surface area (Å²) >= 11 is 6.28. The predicted octanol–water partition coefficient (Wildman–Crippen LogP) is 3.13. The molecule has 3 saturated heterocycles. The second-order valence-corrected chi connectivity index (χ2v) is 8.26. The molecule has 3 heterocycles. The molecule has 5 nitrogen and oxygen atoms in total. The average molecular weight is 378 g/mol. The van der Waals surface area contributed by atoms with Crippen LogP contribution in [0.1, 0.15) is 31.2 Å². The van der Waals surface area contributed by atoms with Crippen LogP contribution >= 0.6 is 11.6 Å². The first kappa shape index (κ1) is 18.1. The molecule has 3 fully saturated rings. The van der Waals surface area contributed by atoms with E-state index in [1.807, 2.05) is 23.1 Å². The van der Waals surface area contributed by atoms with Crippen molar-refractivity contribution < 1.29 is 9.53 Å². The van der Waals surface area contributed by atoms with Crippen LogP contribution in [-0.2, 0) is 11.3 Å². The molecule has 1 spiro atoms. The fraction of sp³-hybridized carbons (Fsp3) is 0.650. The van der Waals surface area contributed by atoms with E-state index in [-0.39, 0.29) is 11.6 Å². The first-order valence-corrected chi connectivity index (χ1v) is 10.2. The van der Waals surface area contributed by atoms with Gasteiger partial charge in [0.2, 0.25) is 0 Å². The van der Waals surface area contributed by atoms with Crippen molar-refractivity contribution in [3.63, 3.8) is 0 Å². The van der Waals surface area contributed by atoms with Crippen LogP contribution in [0, 0.1) is 5.92 Å². The lowest BCUT2D eigenvalue weighted by atomic mass is 9.78. The Labute approximate surface area is 160 Å². The molecule has 6 heteroatoms. The number of benzene rings is 1. The van der Waals surface area contributed by atoms with Crippen LogP contribution in [-0.4, -0.2) is 60.8 Å². The Hall–Kier alpha value is -1.30. The van der Waals surface area contributed by atoms with Gasteiger partial charge in [0.1, 0.15) is 0 Å². The van der Waals surface area contributed by atoms with Crippen molar-refractivity contribution in [1.29, 1.82) is 0 Å². The number of carbonyl (C=O) groups is 1. The normalized spacial score (nSPS) is 24.8. The molecule has 2 amide bonds. The topological polar surface area (TPSA) is 44.8 Å². The maximum absolute atomic E-state index is 12.1. The second kappa shape index (κ2) is 7.75. The van der Waals surface area contributed by atoms with Gasteiger partial charge in [-0.25, -0.2) is 4.79 Å². The van der Waals surface area contributed by atoms with E-state index in [4.69, 9.17) is 16.3 Å². The van der Waals surface area contributed by atoms with Gasteiger partial charge in [0.25, 0.3) is 0 Å². The van der Waals surface area contributed by atoms with E-state index < -0.39 is 0 Å². The fourth-order valence-corrected chi connectivity index (χ4v) is 4.81. The first-order valence-electron chi connectivity index (χ1n) is 9.79. The predicted molar refractivity (Wildman–Crippen MR) is 102 cm³/mol. The highest BCUT2D eigenvalue weighted by Crippen LogP contribution is 2.42. The highest BCUT2D eigenvalue weighted by Gasteiger charge is 2.52. The monoisotopic (exact) mass is 377 g/mol. The molecule has 1 atom stereocenters. The number of nitrogens with zero attached hydrogens (tertiary/aromatic N) is 2. The summed E-state index contributed by atoms with van der Waals surface area (Å²) in [4.78, 5) is 16.4. The molecular formula is C20H28ClN3O2. The largest absolute Gasteiger partial charge is 0.372 e. The second-order valence-electron chi connectivity index (χ2n) is 7.85. The summed E-state index contributed by atoms with van der Waals surface area (Å²) < 4.78 is 6.15. The van der Waals surface area contributed by atoms with E-state index in [0.717, 1.165) is 76.6 Å². The molecular weight excluding hydrogens is 350 g/mol. The molecule has 4 rings (SSSR count). The maximum atomic E-state index is 12.1. The van der Waals surface area contributed by atoms with Crippen LogP contribution in [0.15, 0.2) is 24.3 Å². The molecule has 0 aliphatic carbocycles. The van der Waals surface area contributed by atoms with Crippen LogP contribution in [0.25, 0.3) is 0 Å². The van der Waals surface area contributed by atoms with E-state index in [1.54, 1.807) is 0 Å². The van der Waals surface area contributed by atoms with Crippen molar-refractivity contribution in [2.45, 2.75) is 37.8 Å². The lowest BCUT2D eigenvalue weighted by molar-refractivity contribution is -0.136. The SMILES string of the molecule is O=C(NCCC1CCOC12CN(Cc1ccccc1Cl)C2)N1CCCC1. The number of amides is 2. The molecule has 3 aliphatic heterocycles. The average Bonchev–Trinajstić information content (AvgIpc) is 3.26. The number of halogens is 1. The number of rotatable bonds is 5. The highest BCUT2D eigenvalue weighted by molar-refractivity contribution is 6.31. The van der Waals surface area contributed by atoms with Crippen molar-refractivity contribution in [1.82, 2.24) is 15.1 Å². The minimum atomic E-state index is -0.0143. The summed E-state index contributed by atoms with van der Waals surface area (Å²) in [5.41, 5.74) is 1.16. The lowest BCUT2D eigenvalue weighted by Crippen LogP contribution is -2.64. The van der Waals surface area contributed by atoms with Gasteiger partial charge in [-0.3, -0.25) is 4.90 Å². The number of urea groups is 1. The zero-order valence-corrected chi connectivity index (χ0v) is 16.0. The third-order valence-electron chi connectivity index (χ3n) is 6.10. The van der Waals surface area contributed by atoms with Crippen molar-refractivity contribution in [2.24, 2.45) is 5.92 Å². The van der Waals surface area contributed by atoms with Crippen LogP contribution in [0.4, 0.5) is 4.79 Å². The van der Waals surface area contributed by atoms with Gasteiger partial charge in [-0.05, 0) is 43.2 Å². The third-order valence-corrected chi connectivity index (χ3v) is 6.47. The van der Waals surface area contributed by atoms with Crippen molar-refractivity contribution in [3.8, 4) is 0 Å².